The summed E-state index contributed by atoms with van der Waals surface area (Å²) in [7, 11) is -3.53. The highest BCUT2D eigenvalue weighted by atomic mass is 32.2. The molecule has 0 saturated carbocycles. The summed E-state index contributed by atoms with van der Waals surface area (Å²) >= 11 is 0. The number of sulfonamides is 1. The van der Waals surface area contributed by atoms with E-state index in [4.69, 9.17) is 4.74 Å². The Hall–Kier alpha value is -2.75. The molecule has 8 nitrogen and oxygen atoms in total. The molecule has 1 fully saturated rings. The Morgan fingerprint density at radius 2 is 1.65 bits per heavy atom. The summed E-state index contributed by atoms with van der Waals surface area (Å²) in [6.45, 7) is 5.36. The van der Waals surface area contributed by atoms with Crippen LogP contribution >= 0.6 is 0 Å². The van der Waals surface area contributed by atoms with Crippen LogP contribution in [-0.2, 0) is 26.0 Å². The van der Waals surface area contributed by atoms with Gasteiger partial charge in [-0.15, -0.1) is 0 Å². The minimum atomic E-state index is -3.53. The van der Waals surface area contributed by atoms with Gasteiger partial charge in [0.2, 0.25) is 15.9 Å². The van der Waals surface area contributed by atoms with Crippen LogP contribution in [0.5, 0.6) is 0 Å². The van der Waals surface area contributed by atoms with Crippen molar-refractivity contribution in [2.24, 2.45) is 0 Å². The van der Waals surface area contributed by atoms with Crippen molar-refractivity contribution >= 4 is 21.8 Å². The largest absolute Gasteiger partial charge is 0.379 e. The van der Waals surface area contributed by atoms with Crippen molar-refractivity contribution in [1.29, 1.82) is 0 Å². The normalized spacial score (nSPS) is 14.8. The van der Waals surface area contributed by atoms with Crippen LogP contribution in [0.3, 0.4) is 0 Å². The number of morpholine rings is 1. The fourth-order valence-corrected chi connectivity index (χ4v) is 4.57. The molecule has 3 rings (SSSR count). The molecule has 1 aliphatic rings. The molecule has 2 aromatic rings. The molecule has 0 bridgehead atoms. The Labute approximate surface area is 182 Å². The maximum Gasteiger partial charge on any atom is 0.269 e. The van der Waals surface area contributed by atoms with Crippen LogP contribution < -0.4 is 10.9 Å². The summed E-state index contributed by atoms with van der Waals surface area (Å²) in [6.07, 6.45) is 0.575. The molecule has 0 unspecified atom stereocenters. The molecule has 0 aromatic heterocycles. The van der Waals surface area contributed by atoms with Crippen molar-refractivity contribution in [3.8, 4) is 0 Å². The molecule has 1 heterocycles. The van der Waals surface area contributed by atoms with E-state index in [0.29, 0.717) is 38.3 Å². The number of benzene rings is 2. The second-order valence-electron chi connectivity index (χ2n) is 7.46. The van der Waals surface area contributed by atoms with Crippen LogP contribution in [-0.4, -0.2) is 50.8 Å². The highest BCUT2D eigenvalue weighted by Gasteiger charge is 2.26. The van der Waals surface area contributed by atoms with E-state index in [0.717, 1.165) is 16.7 Å². The number of nitrogens with one attached hydrogen (secondary N) is 2. The lowest BCUT2D eigenvalue weighted by atomic mass is 10.1. The number of carbonyl (C=O) groups excluding carboxylic acids is 2. The molecule has 166 valence electrons. The molecule has 2 aromatic carbocycles. The predicted octanol–water partition coefficient (Wildman–Crippen LogP) is 1.72. The SMILES string of the molecule is Cc1ccc(C(=O)NNC(=O)CCc2ccc(S(=O)(=O)N3CCOCC3)cc2)cc1C. The van der Waals surface area contributed by atoms with Crippen LogP contribution in [0.4, 0.5) is 0 Å². The summed E-state index contributed by atoms with van der Waals surface area (Å²) in [5.41, 5.74) is 8.21. The number of nitrogens with zero attached hydrogens (tertiary/aromatic N) is 1. The fraction of sp³-hybridized carbons (Fsp3) is 0.364. The topological polar surface area (TPSA) is 105 Å². The number of rotatable bonds is 6. The lowest BCUT2D eigenvalue weighted by Crippen LogP contribution is -2.41. The van der Waals surface area contributed by atoms with E-state index in [9.17, 15) is 18.0 Å². The summed E-state index contributed by atoms with van der Waals surface area (Å²) < 4.78 is 31.9. The van der Waals surface area contributed by atoms with E-state index in [1.807, 2.05) is 19.9 Å². The summed E-state index contributed by atoms with van der Waals surface area (Å²) in [5.74, 6) is -0.712. The molecular formula is C22H27N3O5S. The standard InChI is InChI=1S/C22H27N3O5S/c1-16-3-7-19(15-17(16)2)22(27)24-23-21(26)10-6-18-4-8-20(9-5-18)31(28,29)25-11-13-30-14-12-25/h3-5,7-9,15H,6,10-14H2,1-2H3,(H,23,26)(H,24,27). The smallest absolute Gasteiger partial charge is 0.269 e. The van der Waals surface area contributed by atoms with Gasteiger partial charge in [-0.05, 0) is 61.2 Å². The minimum Gasteiger partial charge on any atom is -0.379 e. The van der Waals surface area contributed by atoms with Crippen LogP contribution in [0.25, 0.3) is 0 Å². The number of carbonyl (C=O) groups is 2. The van der Waals surface area contributed by atoms with E-state index in [-0.39, 0.29) is 23.1 Å². The molecule has 31 heavy (non-hydrogen) atoms. The van der Waals surface area contributed by atoms with Gasteiger partial charge in [0.15, 0.2) is 0 Å². The highest BCUT2D eigenvalue weighted by molar-refractivity contribution is 7.89. The molecule has 0 spiro atoms. The first-order chi connectivity index (χ1) is 14.8. The Morgan fingerprint density at radius 1 is 0.968 bits per heavy atom. The average molecular weight is 446 g/mol. The molecular weight excluding hydrogens is 418 g/mol. The first kappa shape index (κ1) is 22.9. The number of ether oxygens (including phenoxy) is 1. The Balaban J connectivity index is 1.49. The minimum absolute atomic E-state index is 0.156. The maximum absolute atomic E-state index is 12.6. The third kappa shape index (κ3) is 5.90. The van der Waals surface area contributed by atoms with E-state index >= 15 is 0 Å². The number of hydrogen-bond acceptors (Lipinski definition) is 5. The van der Waals surface area contributed by atoms with E-state index < -0.39 is 10.0 Å². The van der Waals surface area contributed by atoms with Crippen molar-refractivity contribution in [2.75, 3.05) is 26.3 Å². The molecule has 9 heteroatoms. The van der Waals surface area contributed by atoms with E-state index in [2.05, 4.69) is 10.9 Å². The summed E-state index contributed by atoms with van der Waals surface area (Å²) in [4.78, 5) is 24.4. The fourth-order valence-electron chi connectivity index (χ4n) is 3.17. The van der Waals surface area contributed by atoms with Gasteiger partial charge in [-0.3, -0.25) is 20.4 Å². The Kier molecular flexibility index (Phi) is 7.42. The number of aryl methyl sites for hydroxylation is 3. The maximum atomic E-state index is 12.6. The molecule has 1 aliphatic heterocycles. The zero-order valence-corrected chi connectivity index (χ0v) is 18.5. The van der Waals surface area contributed by atoms with Crippen molar-refractivity contribution < 1.29 is 22.7 Å². The van der Waals surface area contributed by atoms with E-state index in [1.54, 1.807) is 36.4 Å². The van der Waals surface area contributed by atoms with Crippen LogP contribution in [0.1, 0.15) is 33.5 Å². The average Bonchev–Trinajstić information content (AvgIpc) is 2.78. The number of hydrazine groups is 1. The third-order valence-electron chi connectivity index (χ3n) is 5.26. The first-order valence-electron chi connectivity index (χ1n) is 10.1. The molecule has 2 amide bonds. The van der Waals surface area contributed by atoms with Crippen molar-refractivity contribution in [3.63, 3.8) is 0 Å². The van der Waals surface area contributed by atoms with Crippen LogP contribution in [0.2, 0.25) is 0 Å². The summed E-state index contributed by atoms with van der Waals surface area (Å²) in [5, 5.41) is 0. The van der Waals surface area contributed by atoms with Crippen molar-refractivity contribution in [3.05, 3.63) is 64.7 Å². The number of hydrogen-bond donors (Lipinski definition) is 2. The Bertz CT molecular complexity index is 1050. The predicted molar refractivity (Wildman–Crippen MR) is 116 cm³/mol. The second kappa shape index (κ2) is 10.0. The van der Waals surface area contributed by atoms with Gasteiger partial charge in [-0.1, -0.05) is 18.2 Å². The van der Waals surface area contributed by atoms with Gasteiger partial charge in [-0.2, -0.15) is 4.31 Å². The third-order valence-corrected chi connectivity index (χ3v) is 7.17. The van der Waals surface area contributed by atoms with Gasteiger partial charge in [0.05, 0.1) is 18.1 Å². The van der Waals surface area contributed by atoms with E-state index in [1.165, 1.54) is 4.31 Å². The van der Waals surface area contributed by atoms with Crippen LogP contribution in [0.15, 0.2) is 47.4 Å². The lowest BCUT2D eigenvalue weighted by Gasteiger charge is -2.26. The molecule has 2 N–H and O–H groups in total. The quantitative estimate of drug-likeness (QED) is 0.659. The van der Waals surface area contributed by atoms with Crippen molar-refractivity contribution in [2.45, 2.75) is 31.6 Å². The monoisotopic (exact) mass is 445 g/mol. The molecule has 0 atom stereocenters. The highest BCUT2D eigenvalue weighted by Crippen LogP contribution is 2.18. The molecule has 0 aliphatic carbocycles. The molecule has 0 radical (unpaired) electrons. The molecule has 1 saturated heterocycles. The van der Waals surface area contributed by atoms with Gasteiger partial charge in [-0.25, -0.2) is 8.42 Å². The second-order valence-corrected chi connectivity index (χ2v) is 9.40. The Morgan fingerprint density at radius 3 is 2.29 bits per heavy atom. The first-order valence-corrected chi connectivity index (χ1v) is 11.5. The lowest BCUT2D eigenvalue weighted by molar-refractivity contribution is -0.121. The summed E-state index contributed by atoms with van der Waals surface area (Å²) in [6, 6.07) is 11.8. The van der Waals surface area contributed by atoms with Gasteiger partial charge >= 0.3 is 0 Å². The number of amides is 2. The van der Waals surface area contributed by atoms with Gasteiger partial charge < -0.3 is 4.74 Å². The van der Waals surface area contributed by atoms with Crippen LogP contribution in [0, 0.1) is 13.8 Å². The van der Waals surface area contributed by atoms with Gasteiger partial charge in [0, 0.05) is 25.1 Å². The van der Waals surface area contributed by atoms with Gasteiger partial charge in [0.25, 0.3) is 5.91 Å². The van der Waals surface area contributed by atoms with Crippen molar-refractivity contribution in [1.82, 2.24) is 15.2 Å². The van der Waals surface area contributed by atoms with Gasteiger partial charge in [0.1, 0.15) is 0 Å². The zero-order valence-electron chi connectivity index (χ0n) is 17.7. The zero-order chi connectivity index (χ0) is 22.4.